The SMILES string of the molecule is CC(C)C[C@H](NC(=O)CNC(=O)[C@H](C)N)C(=O)N(NCc1ccc([N+](=O)[O-])cc1)[C@@H](C)C(=O)O. The lowest BCUT2D eigenvalue weighted by Gasteiger charge is -2.31. The molecule has 3 amide bonds. The highest BCUT2D eigenvalue weighted by molar-refractivity contribution is 5.92. The minimum absolute atomic E-state index is 0.00808. The largest absolute Gasteiger partial charge is 0.480 e. The van der Waals surface area contributed by atoms with E-state index in [1.807, 2.05) is 13.8 Å². The van der Waals surface area contributed by atoms with Crippen molar-refractivity contribution in [2.24, 2.45) is 11.7 Å². The molecule has 0 heterocycles. The molecule has 1 aromatic carbocycles. The fourth-order valence-corrected chi connectivity index (χ4v) is 2.86. The van der Waals surface area contributed by atoms with Gasteiger partial charge in [0.25, 0.3) is 11.6 Å². The fourth-order valence-electron chi connectivity index (χ4n) is 2.86. The number of carbonyl (C=O) groups excluding carboxylic acids is 3. The zero-order valence-electron chi connectivity index (χ0n) is 19.6. The number of aliphatic carboxylic acids is 1. The Morgan fingerprint density at radius 3 is 2.18 bits per heavy atom. The maximum Gasteiger partial charge on any atom is 0.327 e. The molecule has 13 heteroatoms. The number of nitrogens with zero attached hydrogens (tertiary/aromatic N) is 2. The quantitative estimate of drug-likeness (QED) is 0.189. The van der Waals surface area contributed by atoms with Crippen molar-refractivity contribution >= 4 is 29.4 Å². The highest BCUT2D eigenvalue weighted by Gasteiger charge is 2.32. The standard InChI is InChI=1S/C21H32N6O7/c1-12(2)9-17(25-18(28)11-23-19(29)13(3)22)20(30)26(14(4)21(31)32)24-10-15-5-7-16(8-6-15)27(33)34/h5-8,12-14,17,24H,9-11,22H2,1-4H3,(H,23,29)(H,25,28)(H,31,32)/t13-,14-,17-/m0/s1. The van der Waals surface area contributed by atoms with Gasteiger partial charge in [-0.2, -0.15) is 0 Å². The van der Waals surface area contributed by atoms with Gasteiger partial charge in [0.1, 0.15) is 12.1 Å². The second-order valence-electron chi connectivity index (χ2n) is 8.24. The van der Waals surface area contributed by atoms with E-state index in [4.69, 9.17) is 5.73 Å². The van der Waals surface area contributed by atoms with Gasteiger partial charge in [-0.3, -0.25) is 29.5 Å². The number of hydrogen-bond acceptors (Lipinski definition) is 8. The number of carboxylic acids is 1. The number of nitrogens with two attached hydrogens (primary N) is 1. The van der Waals surface area contributed by atoms with Crippen LogP contribution in [0.15, 0.2) is 24.3 Å². The zero-order valence-corrected chi connectivity index (χ0v) is 19.6. The maximum atomic E-state index is 13.3. The van der Waals surface area contributed by atoms with Crippen molar-refractivity contribution in [1.82, 2.24) is 21.1 Å². The Kier molecular flexibility index (Phi) is 11.1. The van der Waals surface area contributed by atoms with Crippen molar-refractivity contribution in [1.29, 1.82) is 0 Å². The van der Waals surface area contributed by atoms with Crippen LogP contribution in [0.2, 0.25) is 0 Å². The molecule has 3 atom stereocenters. The Labute approximate surface area is 197 Å². The average Bonchev–Trinajstić information content (AvgIpc) is 2.76. The van der Waals surface area contributed by atoms with Gasteiger partial charge >= 0.3 is 5.97 Å². The predicted octanol–water partition coefficient (Wildman–Crippen LogP) is -0.105. The minimum atomic E-state index is -1.28. The van der Waals surface area contributed by atoms with Crippen molar-refractivity contribution in [2.75, 3.05) is 6.54 Å². The van der Waals surface area contributed by atoms with E-state index >= 15 is 0 Å². The smallest absolute Gasteiger partial charge is 0.327 e. The Bertz CT molecular complexity index is 888. The number of rotatable bonds is 13. The summed E-state index contributed by atoms with van der Waals surface area (Å²) in [7, 11) is 0. The molecule has 0 aliphatic heterocycles. The lowest BCUT2D eigenvalue weighted by Crippen LogP contribution is -2.59. The molecule has 0 aliphatic rings. The third-order valence-electron chi connectivity index (χ3n) is 4.76. The normalized spacial score (nSPS) is 13.5. The molecule has 0 spiro atoms. The maximum absolute atomic E-state index is 13.3. The molecule has 188 valence electrons. The molecule has 13 nitrogen and oxygen atoms in total. The summed E-state index contributed by atoms with van der Waals surface area (Å²) in [5.41, 5.74) is 8.66. The Morgan fingerprint density at radius 1 is 1.12 bits per heavy atom. The number of carbonyl (C=O) groups is 4. The third-order valence-corrected chi connectivity index (χ3v) is 4.76. The molecule has 0 radical (unpaired) electrons. The van der Waals surface area contributed by atoms with Crippen molar-refractivity contribution < 1.29 is 29.2 Å². The number of benzene rings is 1. The van der Waals surface area contributed by atoms with E-state index in [1.165, 1.54) is 38.1 Å². The van der Waals surface area contributed by atoms with Crippen LogP contribution in [-0.2, 0) is 25.7 Å². The van der Waals surface area contributed by atoms with Gasteiger partial charge in [-0.05, 0) is 31.7 Å². The molecule has 1 rings (SSSR count). The first-order valence-electron chi connectivity index (χ1n) is 10.7. The molecule has 6 N–H and O–H groups in total. The van der Waals surface area contributed by atoms with E-state index in [9.17, 15) is 34.4 Å². The number of non-ortho nitro benzene ring substituents is 1. The summed E-state index contributed by atoms with van der Waals surface area (Å²) in [6.45, 7) is 6.04. The Morgan fingerprint density at radius 2 is 1.71 bits per heavy atom. The first-order valence-corrected chi connectivity index (χ1v) is 10.7. The molecular weight excluding hydrogens is 448 g/mol. The number of amides is 3. The summed E-state index contributed by atoms with van der Waals surface area (Å²) in [4.78, 5) is 59.1. The van der Waals surface area contributed by atoms with Crippen LogP contribution in [0.4, 0.5) is 5.69 Å². The van der Waals surface area contributed by atoms with Gasteiger partial charge in [-0.25, -0.2) is 10.2 Å². The van der Waals surface area contributed by atoms with Gasteiger partial charge < -0.3 is 21.5 Å². The van der Waals surface area contributed by atoms with Gasteiger partial charge in [0.05, 0.1) is 17.5 Å². The van der Waals surface area contributed by atoms with Crippen molar-refractivity contribution in [3.05, 3.63) is 39.9 Å². The molecule has 0 aliphatic carbocycles. The van der Waals surface area contributed by atoms with Crippen molar-refractivity contribution in [3.8, 4) is 0 Å². The van der Waals surface area contributed by atoms with Crippen LogP contribution in [0.1, 0.15) is 39.7 Å². The van der Waals surface area contributed by atoms with Crippen LogP contribution in [0.5, 0.6) is 0 Å². The van der Waals surface area contributed by atoms with Gasteiger partial charge in [0, 0.05) is 18.7 Å². The lowest BCUT2D eigenvalue weighted by molar-refractivity contribution is -0.384. The van der Waals surface area contributed by atoms with E-state index in [-0.39, 0.29) is 24.6 Å². The first kappa shape index (κ1) is 28.5. The summed E-state index contributed by atoms with van der Waals surface area (Å²) < 4.78 is 0. The van der Waals surface area contributed by atoms with Crippen LogP contribution in [0.25, 0.3) is 0 Å². The first-order chi connectivity index (χ1) is 15.8. The van der Waals surface area contributed by atoms with E-state index < -0.39 is 53.3 Å². The second kappa shape index (κ2) is 13.2. The highest BCUT2D eigenvalue weighted by Crippen LogP contribution is 2.13. The molecule has 0 fully saturated rings. The molecule has 0 bridgehead atoms. The molecule has 34 heavy (non-hydrogen) atoms. The zero-order chi connectivity index (χ0) is 26.0. The van der Waals surface area contributed by atoms with Gasteiger partial charge in [-0.15, -0.1) is 0 Å². The van der Waals surface area contributed by atoms with E-state index in [1.54, 1.807) is 0 Å². The molecular formula is C21H32N6O7. The number of carboxylic acid groups (broad SMARTS) is 1. The molecule has 0 aromatic heterocycles. The van der Waals surface area contributed by atoms with Crippen LogP contribution >= 0.6 is 0 Å². The molecule has 0 saturated carbocycles. The number of nitrogens with one attached hydrogen (secondary N) is 3. The van der Waals surface area contributed by atoms with Crippen molar-refractivity contribution in [3.63, 3.8) is 0 Å². The summed E-state index contributed by atoms with van der Waals surface area (Å²) in [5, 5.41) is 26.1. The topological polar surface area (TPSA) is 197 Å². The van der Waals surface area contributed by atoms with Crippen LogP contribution in [-0.4, -0.2) is 63.4 Å². The number of nitro benzene ring substituents is 1. The van der Waals surface area contributed by atoms with Crippen LogP contribution in [0.3, 0.4) is 0 Å². The van der Waals surface area contributed by atoms with Crippen LogP contribution < -0.4 is 21.8 Å². The Hall–Kier alpha value is -3.58. The average molecular weight is 481 g/mol. The van der Waals surface area contributed by atoms with Crippen LogP contribution in [0, 0.1) is 16.0 Å². The fraction of sp³-hybridized carbons (Fsp3) is 0.524. The van der Waals surface area contributed by atoms with Gasteiger partial charge in [0.2, 0.25) is 11.8 Å². The number of nitro groups is 1. The summed E-state index contributed by atoms with van der Waals surface area (Å²) >= 11 is 0. The Balaban J connectivity index is 3.00. The van der Waals surface area contributed by atoms with Gasteiger partial charge in [0.15, 0.2) is 0 Å². The molecule has 0 saturated heterocycles. The number of hydrogen-bond donors (Lipinski definition) is 5. The monoisotopic (exact) mass is 480 g/mol. The molecule has 1 aromatic rings. The number of hydrazine groups is 1. The van der Waals surface area contributed by atoms with E-state index in [2.05, 4.69) is 16.1 Å². The third kappa shape index (κ3) is 9.11. The predicted molar refractivity (Wildman–Crippen MR) is 122 cm³/mol. The summed E-state index contributed by atoms with van der Waals surface area (Å²) in [5.74, 6) is -3.15. The molecule has 0 unspecified atom stereocenters. The van der Waals surface area contributed by atoms with E-state index in [0.717, 1.165) is 5.01 Å². The minimum Gasteiger partial charge on any atom is -0.480 e. The summed E-state index contributed by atoms with van der Waals surface area (Å²) in [6.07, 6.45) is 0.216. The summed E-state index contributed by atoms with van der Waals surface area (Å²) in [6, 6.07) is 2.39. The van der Waals surface area contributed by atoms with Gasteiger partial charge in [-0.1, -0.05) is 26.0 Å². The van der Waals surface area contributed by atoms with Crippen molar-refractivity contribution in [2.45, 2.75) is 58.8 Å². The van der Waals surface area contributed by atoms with E-state index in [0.29, 0.717) is 5.56 Å². The lowest BCUT2D eigenvalue weighted by atomic mass is 10.0. The second-order valence-corrected chi connectivity index (χ2v) is 8.24. The highest BCUT2D eigenvalue weighted by atomic mass is 16.6.